The molecule has 0 bridgehead atoms. The van der Waals surface area contributed by atoms with Crippen molar-refractivity contribution in [1.29, 1.82) is 0 Å². The highest BCUT2D eigenvalue weighted by molar-refractivity contribution is 9.10. The van der Waals surface area contributed by atoms with Crippen LogP contribution in [0.5, 0.6) is 0 Å². The van der Waals surface area contributed by atoms with Crippen molar-refractivity contribution < 1.29 is 9.84 Å². The molecule has 3 rings (SSSR count). The predicted octanol–water partition coefficient (Wildman–Crippen LogP) is 2.53. The molecule has 1 aromatic heterocycles. The van der Waals surface area contributed by atoms with Gasteiger partial charge in [-0.25, -0.2) is 0 Å². The van der Waals surface area contributed by atoms with Gasteiger partial charge in [-0.3, -0.25) is 4.98 Å². The lowest BCUT2D eigenvalue weighted by Gasteiger charge is -2.32. The first-order chi connectivity index (χ1) is 10.1. The van der Waals surface area contributed by atoms with Crippen LogP contribution in [0.25, 0.3) is 10.9 Å². The fourth-order valence-corrected chi connectivity index (χ4v) is 2.92. The van der Waals surface area contributed by atoms with Gasteiger partial charge in [0, 0.05) is 42.5 Å². The number of hydrogen-bond donors (Lipinski definition) is 3. The fraction of sp³-hybridized carbons (Fsp3) is 0.400. The van der Waals surface area contributed by atoms with E-state index in [1.54, 1.807) is 6.20 Å². The van der Waals surface area contributed by atoms with Crippen LogP contribution in [0.2, 0.25) is 0 Å². The summed E-state index contributed by atoms with van der Waals surface area (Å²) in [6.45, 7) is 1.64. The Bertz CT molecular complexity index is 651. The SMILES string of the molecule is Nc1cnc2ccc(Br)cc2c1NCC1(O)CCOCC1. The normalized spacial score (nSPS) is 17.8. The van der Waals surface area contributed by atoms with Crippen LogP contribution >= 0.6 is 15.9 Å². The van der Waals surface area contributed by atoms with Crippen molar-refractivity contribution in [2.75, 3.05) is 30.8 Å². The summed E-state index contributed by atoms with van der Waals surface area (Å²) < 4.78 is 6.27. The molecule has 0 unspecified atom stereocenters. The highest BCUT2D eigenvalue weighted by Gasteiger charge is 2.29. The number of nitrogens with zero attached hydrogens (tertiary/aromatic N) is 1. The van der Waals surface area contributed by atoms with Gasteiger partial charge in [0.25, 0.3) is 0 Å². The lowest BCUT2D eigenvalue weighted by atomic mass is 9.94. The van der Waals surface area contributed by atoms with Crippen LogP contribution in [-0.4, -0.2) is 35.5 Å². The first kappa shape index (κ1) is 14.6. The molecule has 0 spiro atoms. The zero-order valence-corrected chi connectivity index (χ0v) is 13.2. The molecule has 0 radical (unpaired) electrons. The van der Waals surface area contributed by atoms with Crippen LogP contribution < -0.4 is 11.1 Å². The van der Waals surface area contributed by atoms with Gasteiger partial charge >= 0.3 is 0 Å². The third-order valence-electron chi connectivity index (χ3n) is 3.88. The molecule has 112 valence electrons. The van der Waals surface area contributed by atoms with Crippen LogP contribution in [0, 0.1) is 0 Å². The Morgan fingerprint density at radius 3 is 2.90 bits per heavy atom. The Morgan fingerprint density at radius 2 is 2.14 bits per heavy atom. The maximum atomic E-state index is 10.5. The minimum atomic E-state index is -0.744. The van der Waals surface area contributed by atoms with Crippen LogP contribution in [0.1, 0.15) is 12.8 Å². The third kappa shape index (κ3) is 3.12. The van der Waals surface area contributed by atoms with Gasteiger partial charge in [0.1, 0.15) is 0 Å². The number of nitrogen functional groups attached to an aromatic ring is 1. The van der Waals surface area contributed by atoms with Crippen molar-refractivity contribution in [3.05, 3.63) is 28.9 Å². The summed E-state index contributed by atoms with van der Waals surface area (Å²) in [7, 11) is 0. The van der Waals surface area contributed by atoms with Gasteiger partial charge in [-0.1, -0.05) is 15.9 Å². The summed E-state index contributed by atoms with van der Waals surface area (Å²) >= 11 is 3.47. The van der Waals surface area contributed by atoms with Gasteiger partial charge in [-0.2, -0.15) is 0 Å². The molecule has 4 N–H and O–H groups in total. The van der Waals surface area contributed by atoms with Crippen molar-refractivity contribution >= 4 is 38.2 Å². The maximum Gasteiger partial charge on any atom is 0.0863 e. The largest absolute Gasteiger partial charge is 0.396 e. The molecule has 2 heterocycles. The Kier molecular flexibility index (Phi) is 4.01. The Morgan fingerprint density at radius 1 is 1.38 bits per heavy atom. The molecule has 2 aromatic rings. The highest BCUT2D eigenvalue weighted by atomic mass is 79.9. The molecule has 0 amide bonds. The minimum absolute atomic E-state index is 0.451. The molecule has 0 saturated carbocycles. The number of hydrogen-bond acceptors (Lipinski definition) is 5. The molecule has 1 fully saturated rings. The average molecular weight is 352 g/mol. The number of aliphatic hydroxyl groups is 1. The fourth-order valence-electron chi connectivity index (χ4n) is 2.56. The van der Waals surface area contributed by atoms with Crippen LogP contribution in [0.15, 0.2) is 28.9 Å². The zero-order valence-electron chi connectivity index (χ0n) is 11.6. The van der Waals surface area contributed by atoms with Gasteiger partial charge in [0.05, 0.1) is 28.7 Å². The van der Waals surface area contributed by atoms with E-state index < -0.39 is 5.60 Å². The predicted molar refractivity (Wildman–Crippen MR) is 87.3 cm³/mol. The molecular formula is C15H18BrN3O2. The van der Waals surface area contributed by atoms with E-state index in [0.717, 1.165) is 21.1 Å². The number of rotatable bonds is 3. The number of fused-ring (bicyclic) bond motifs is 1. The van der Waals surface area contributed by atoms with Gasteiger partial charge in [0.15, 0.2) is 0 Å². The van der Waals surface area contributed by atoms with E-state index in [2.05, 4.69) is 26.2 Å². The number of aromatic nitrogens is 1. The molecule has 0 aliphatic carbocycles. The number of pyridine rings is 1. The van der Waals surface area contributed by atoms with Gasteiger partial charge < -0.3 is 20.9 Å². The monoisotopic (exact) mass is 351 g/mol. The van der Waals surface area contributed by atoms with Crippen molar-refractivity contribution in [3.8, 4) is 0 Å². The lowest BCUT2D eigenvalue weighted by molar-refractivity contribution is -0.0543. The minimum Gasteiger partial charge on any atom is -0.396 e. The number of halogens is 1. The summed E-state index contributed by atoms with van der Waals surface area (Å²) in [6.07, 6.45) is 2.91. The second-order valence-electron chi connectivity index (χ2n) is 5.44. The topological polar surface area (TPSA) is 80.4 Å². The first-order valence-corrected chi connectivity index (χ1v) is 7.74. The second kappa shape index (κ2) is 5.79. The number of nitrogens with two attached hydrogens (primary N) is 1. The molecular weight excluding hydrogens is 334 g/mol. The van der Waals surface area contributed by atoms with Crippen molar-refractivity contribution in [3.63, 3.8) is 0 Å². The van der Waals surface area contributed by atoms with E-state index >= 15 is 0 Å². The number of benzene rings is 1. The van der Waals surface area contributed by atoms with E-state index in [4.69, 9.17) is 10.5 Å². The molecule has 1 saturated heterocycles. The number of ether oxygens (including phenoxy) is 1. The van der Waals surface area contributed by atoms with Crippen LogP contribution in [-0.2, 0) is 4.74 Å². The smallest absolute Gasteiger partial charge is 0.0863 e. The summed E-state index contributed by atoms with van der Waals surface area (Å²) in [5.41, 5.74) is 7.57. The first-order valence-electron chi connectivity index (χ1n) is 6.95. The molecule has 6 heteroatoms. The molecule has 21 heavy (non-hydrogen) atoms. The van der Waals surface area contributed by atoms with Gasteiger partial charge in [-0.05, 0) is 18.2 Å². The Labute approximate surface area is 131 Å². The quantitative estimate of drug-likeness (QED) is 0.791. The van der Waals surface area contributed by atoms with Crippen LogP contribution in [0.3, 0.4) is 0 Å². The lowest BCUT2D eigenvalue weighted by Crippen LogP contribution is -2.42. The third-order valence-corrected chi connectivity index (χ3v) is 4.37. The molecule has 1 aromatic carbocycles. The molecule has 0 atom stereocenters. The summed E-state index contributed by atoms with van der Waals surface area (Å²) in [5.74, 6) is 0. The van der Waals surface area contributed by atoms with Gasteiger partial charge in [-0.15, -0.1) is 0 Å². The standard InChI is InChI=1S/C15H18BrN3O2/c16-10-1-2-13-11(7-10)14(12(17)8-18-13)19-9-15(20)3-5-21-6-4-15/h1-2,7-8,20H,3-6,9,17H2,(H,18,19). The Balaban J connectivity index is 1.89. The van der Waals surface area contributed by atoms with E-state index in [9.17, 15) is 5.11 Å². The zero-order chi connectivity index (χ0) is 14.9. The molecule has 1 aliphatic heterocycles. The molecule has 5 nitrogen and oxygen atoms in total. The summed E-state index contributed by atoms with van der Waals surface area (Å²) in [5, 5.41) is 14.8. The average Bonchev–Trinajstić information content (AvgIpc) is 2.47. The number of nitrogens with one attached hydrogen (secondary N) is 1. The maximum absolute atomic E-state index is 10.5. The summed E-state index contributed by atoms with van der Waals surface area (Å²) in [4.78, 5) is 4.33. The van der Waals surface area contributed by atoms with E-state index in [0.29, 0.717) is 38.3 Å². The van der Waals surface area contributed by atoms with Crippen molar-refractivity contribution in [2.45, 2.75) is 18.4 Å². The van der Waals surface area contributed by atoms with Crippen LogP contribution in [0.4, 0.5) is 11.4 Å². The van der Waals surface area contributed by atoms with Crippen molar-refractivity contribution in [2.24, 2.45) is 0 Å². The second-order valence-corrected chi connectivity index (χ2v) is 6.36. The number of anilines is 2. The van der Waals surface area contributed by atoms with E-state index in [1.165, 1.54) is 0 Å². The summed E-state index contributed by atoms with van der Waals surface area (Å²) in [6, 6.07) is 5.86. The van der Waals surface area contributed by atoms with E-state index in [-0.39, 0.29) is 0 Å². The molecule has 1 aliphatic rings. The van der Waals surface area contributed by atoms with Crippen molar-refractivity contribution in [1.82, 2.24) is 4.98 Å². The highest BCUT2D eigenvalue weighted by Crippen LogP contribution is 2.31. The Hall–Kier alpha value is -1.37. The van der Waals surface area contributed by atoms with E-state index in [1.807, 2.05) is 18.2 Å². The van der Waals surface area contributed by atoms with Gasteiger partial charge in [0.2, 0.25) is 0 Å².